The molecule has 0 atom stereocenters. The third kappa shape index (κ3) is 631. The van der Waals surface area contributed by atoms with Crippen LogP contribution in [0.4, 0.5) is 0 Å². The number of hydrogen-bond acceptors (Lipinski definition) is 1. The average Bonchev–Trinajstić information content (AvgIpc) is 1.33. The molecule has 0 aromatic carbocycles. The highest BCUT2D eigenvalue weighted by molar-refractivity contribution is 9.24. The molecule has 0 saturated carbocycles. The van der Waals surface area contributed by atoms with E-state index in [9.17, 15) is 0 Å². The molecule has 0 heterocycles. The van der Waals surface area contributed by atoms with Gasteiger partial charge < -0.3 is 0 Å². The Morgan fingerprint density at radius 3 is 1.57 bits per heavy atom. The molecule has 0 aromatic heterocycles. The molecule has 0 aliphatic rings. The summed E-state index contributed by atoms with van der Waals surface area (Å²) < 4.78 is 0.458. The van der Waals surface area contributed by atoms with E-state index < -0.39 is 0 Å². The summed E-state index contributed by atoms with van der Waals surface area (Å²) in [4.78, 5) is 0. The predicted molar refractivity (Wildman–Crippen MR) is 38.6 cm³/mol. The highest BCUT2D eigenvalue weighted by Crippen LogP contribution is 2.03. The van der Waals surface area contributed by atoms with Crippen molar-refractivity contribution in [1.29, 1.82) is 5.26 Å². The highest BCUT2D eigenvalue weighted by Gasteiger charge is 1.74. The summed E-state index contributed by atoms with van der Waals surface area (Å²) in [6, 6.07) is 1.75. The number of rotatable bonds is 0. The maximum absolute atomic E-state index is 7.32. The van der Waals surface area contributed by atoms with Gasteiger partial charge in [-0.3, -0.25) is 0 Å². The van der Waals surface area contributed by atoms with Crippen molar-refractivity contribution in [1.82, 2.24) is 0 Å². The van der Waals surface area contributed by atoms with E-state index in [0.29, 0.717) is 3.74 Å². The summed E-state index contributed by atoms with van der Waals surface area (Å²) >= 11 is 6.38. The van der Waals surface area contributed by atoms with Crippen molar-refractivity contribution in [3.8, 4) is 6.07 Å². The van der Waals surface area contributed by atoms with Gasteiger partial charge >= 0.3 is 0 Å². The van der Waals surface area contributed by atoms with Gasteiger partial charge in [-0.2, -0.15) is 5.26 Å². The molecule has 0 amide bonds. The average molecular weight is 229 g/mol. The third-order valence-electron chi connectivity index (χ3n) is 0. The molecular formula is C4H7Br2N. The van der Waals surface area contributed by atoms with Gasteiger partial charge in [-0.25, -0.2) is 0 Å². The Kier molecular flexibility index (Phi) is 14.4. The summed E-state index contributed by atoms with van der Waals surface area (Å²) in [5.41, 5.74) is 0. The molecule has 0 bridgehead atoms. The predicted octanol–water partition coefficient (Wildman–Crippen LogP) is 2.65. The molecule has 42 valence electrons. The Balaban J connectivity index is 0. The standard InChI is InChI=1S/C2H4Br2.C2H3N/c1-2(3)4;1-2-3/h2H,1H3;1H3. The first-order chi connectivity index (χ1) is 3.15. The van der Waals surface area contributed by atoms with E-state index in [1.165, 1.54) is 6.92 Å². The molecule has 0 spiro atoms. The fourth-order valence-electron chi connectivity index (χ4n) is 0. The SMILES string of the molecule is CC#N.CC(Br)Br. The van der Waals surface area contributed by atoms with Gasteiger partial charge in [0.2, 0.25) is 0 Å². The Morgan fingerprint density at radius 1 is 1.57 bits per heavy atom. The van der Waals surface area contributed by atoms with Crippen molar-refractivity contribution in [3.63, 3.8) is 0 Å². The first-order valence-electron chi connectivity index (χ1n) is 1.74. The molecular weight excluding hydrogens is 222 g/mol. The molecule has 0 radical (unpaired) electrons. The number of hydrogen-bond donors (Lipinski definition) is 0. The van der Waals surface area contributed by atoms with Crippen LogP contribution in [0.3, 0.4) is 0 Å². The second kappa shape index (κ2) is 9.67. The van der Waals surface area contributed by atoms with E-state index in [0.717, 1.165) is 0 Å². The van der Waals surface area contributed by atoms with Gasteiger partial charge in [0.05, 0.1) is 9.81 Å². The lowest BCUT2D eigenvalue weighted by Crippen LogP contribution is -1.60. The third-order valence-corrected chi connectivity index (χ3v) is 0. The fraction of sp³-hybridized carbons (Fsp3) is 0.750. The van der Waals surface area contributed by atoms with E-state index in [4.69, 9.17) is 5.26 Å². The van der Waals surface area contributed by atoms with E-state index in [1.807, 2.05) is 6.92 Å². The normalized spacial score (nSPS) is 6.29. The lowest BCUT2D eigenvalue weighted by Gasteiger charge is -1.73. The van der Waals surface area contributed by atoms with Crippen molar-refractivity contribution in [2.75, 3.05) is 0 Å². The lowest BCUT2D eigenvalue weighted by molar-refractivity contribution is 1.48. The molecule has 0 N–H and O–H groups in total. The molecule has 0 fully saturated rings. The quantitative estimate of drug-likeness (QED) is 0.585. The van der Waals surface area contributed by atoms with Gasteiger partial charge in [0.15, 0.2) is 0 Å². The van der Waals surface area contributed by atoms with Crippen LogP contribution in [0.25, 0.3) is 0 Å². The van der Waals surface area contributed by atoms with Crippen LogP contribution < -0.4 is 0 Å². The van der Waals surface area contributed by atoms with Crippen molar-refractivity contribution >= 4 is 31.9 Å². The smallest absolute Gasteiger partial charge is 0.0669 e. The summed E-state index contributed by atoms with van der Waals surface area (Å²) in [5.74, 6) is 0. The maximum atomic E-state index is 7.32. The highest BCUT2D eigenvalue weighted by atomic mass is 79.9. The minimum Gasteiger partial charge on any atom is -0.199 e. The molecule has 0 unspecified atom stereocenters. The Hall–Kier alpha value is 0.450. The second-order valence-corrected chi connectivity index (χ2v) is 4.72. The zero-order valence-corrected chi connectivity index (χ0v) is 7.45. The Morgan fingerprint density at radius 2 is 1.57 bits per heavy atom. The van der Waals surface area contributed by atoms with Gasteiger partial charge in [0, 0.05) is 6.92 Å². The van der Waals surface area contributed by atoms with Crippen LogP contribution in [-0.2, 0) is 0 Å². The van der Waals surface area contributed by atoms with Crippen molar-refractivity contribution < 1.29 is 0 Å². The number of nitriles is 1. The van der Waals surface area contributed by atoms with E-state index in [-0.39, 0.29) is 0 Å². The van der Waals surface area contributed by atoms with Crippen LogP contribution >= 0.6 is 31.9 Å². The Bertz CT molecular complexity index is 52.4. The van der Waals surface area contributed by atoms with Gasteiger partial charge in [-0.05, 0) is 6.92 Å². The zero-order chi connectivity index (χ0) is 6.28. The van der Waals surface area contributed by atoms with Crippen LogP contribution in [0.2, 0.25) is 0 Å². The topological polar surface area (TPSA) is 23.8 Å². The van der Waals surface area contributed by atoms with E-state index in [1.54, 1.807) is 6.07 Å². The monoisotopic (exact) mass is 227 g/mol. The summed E-state index contributed by atoms with van der Waals surface area (Å²) in [7, 11) is 0. The minimum atomic E-state index is 0.458. The summed E-state index contributed by atoms with van der Waals surface area (Å²) in [5, 5.41) is 7.32. The molecule has 0 aliphatic carbocycles. The molecule has 0 saturated heterocycles. The van der Waals surface area contributed by atoms with Gasteiger partial charge in [0.25, 0.3) is 0 Å². The van der Waals surface area contributed by atoms with Crippen molar-refractivity contribution in [2.24, 2.45) is 0 Å². The number of nitrogens with zero attached hydrogens (tertiary/aromatic N) is 1. The number of alkyl halides is 2. The summed E-state index contributed by atoms with van der Waals surface area (Å²) in [6.45, 7) is 3.43. The maximum Gasteiger partial charge on any atom is 0.0669 e. The number of halogens is 2. The van der Waals surface area contributed by atoms with Crippen LogP contribution in [0, 0.1) is 11.3 Å². The molecule has 7 heavy (non-hydrogen) atoms. The van der Waals surface area contributed by atoms with E-state index >= 15 is 0 Å². The summed E-state index contributed by atoms with van der Waals surface area (Å²) in [6.07, 6.45) is 0. The molecule has 0 aromatic rings. The van der Waals surface area contributed by atoms with Gasteiger partial charge in [0.1, 0.15) is 0 Å². The largest absolute Gasteiger partial charge is 0.199 e. The van der Waals surface area contributed by atoms with Crippen molar-refractivity contribution in [2.45, 2.75) is 17.6 Å². The first kappa shape index (κ1) is 10.4. The van der Waals surface area contributed by atoms with Crippen LogP contribution in [0.15, 0.2) is 0 Å². The minimum absolute atomic E-state index is 0.458. The van der Waals surface area contributed by atoms with Crippen LogP contribution in [-0.4, -0.2) is 3.74 Å². The van der Waals surface area contributed by atoms with Gasteiger partial charge in [-0.15, -0.1) is 0 Å². The fourth-order valence-corrected chi connectivity index (χ4v) is 0. The molecule has 0 rings (SSSR count). The van der Waals surface area contributed by atoms with Crippen molar-refractivity contribution in [3.05, 3.63) is 0 Å². The molecule has 1 nitrogen and oxygen atoms in total. The van der Waals surface area contributed by atoms with Crippen LogP contribution in [0.5, 0.6) is 0 Å². The Labute approximate surface area is 61.0 Å². The lowest BCUT2D eigenvalue weighted by atomic mass is 11.0. The first-order valence-corrected chi connectivity index (χ1v) is 3.57. The van der Waals surface area contributed by atoms with Gasteiger partial charge in [-0.1, -0.05) is 31.9 Å². The zero-order valence-electron chi connectivity index (χ0n) is 4.28. The van der Waals surface area contributed by atoms with Crippen LogP contribution in [0.1, 0.15) is 13.8 Å². The molecule has 3 heteroatoms. The second-order valence-electron chi connectivity index (χ2n) is 0.743. The van der Waals surface area contributed by atoms with E-state index in [2.05, 4.69) is 31.9 Å². The molecule has 0 aliphatic heterocycles.